The molecule has 0 radical (unpaired) electrons. The Morgan fingerprint density at radius 3 is 2.86 bits per heavy atom. The van der Waals surface area contributed by atoms with Gasteiger partial charge in [0.15, 0.2) is 5.82 Å². The van der Waals surface area contributed by atoms with Crippen molar-refractivity contribution < 1.29 is 4.74 Å². The molecule has 2 atom stereocenters. The van der Waals surface area contributed by atoms with Crippen LogP contribution in [0, 0.1) is 0 Å². The minimum atomic E-state index is -0.246. The van der Waals surface area contributed by atoms with Crippen molar-refractivity contribution in [2.75, 3.05) is 18.5 Å². The molecule has 1 saturated heterocycles. The first-order chi connectivity index (χ1) is 13.8. The molecule has 4 aromatic rings. The molecule has 3 aromatic heterocycles. The maximum absolute atomic E-state index is 12.5. The van der Waals surface area contributed by atoms with E-state index in [1.807, 2.05) is 36.4 Å². The molecule has 1 fully saturated rings. The van der Waals surface area contributed by atoms with E-state index in [9.17, 15) is 4.79 Å². The second kappa shape index (κ2) is 6.90. The summed E-state index contributed by atoms with van der Waals surface area (Å²) in [5, 5.41) is 14.3. The second-order valence-corrected chi connectivity index (χ2v) is 6.66. The van der Waals surface area contributed by atoms with E-state index in [0.717, 1.165) is 16.6 Å². The normalized spacial score (nSPS) is 19.1. The number of ether oxygens (including phenoxy) is 1. The van der Waals surface area contributed by atoms with E-state index in [0.29, 0.717) is 19.0 Å². The number of hydrogen-bond acceptors (Lipinski definition) is 6. The van der Waals surface area contributed by atoms with Crippen LogP contribution in [-0.2, 0) is 4.74 Å². The number of anilines is 1. The van der Waals surface area contributed by atoms with Gasteiger partial charge in [-0.1, -0.05) is 24.3 Å². The zero-order chi connectivity index (χ0) is 18.9. The van der Waals surface area contributed by atoms with Crippen LogP contribution in [0.25, 0.3) is 16.6 Å². The minimum Gasteiger partial charge on any atom is -0.377 e. The average Bonchev–Trinajstić information content (AvgIpc) is 3.41. The van der Waals surface area contributed by atoms with E-state index < -0.39 is 0 Å². The molecule has 8 nitrogen and oxygen atoms in total. The monoisotopic (exact) mass is 374 g/mol. The largest absolute Gasteiger partial charge is 0.377 e. The van der Waals surface area contributed by atoms with Crippen LogP contribution >= 0.6 is 0 Å². The van der Waals surface area contributed by atoms with Gasteiger partial charge in [0, 0.05) is 30.0 Å². The smallest absolute Gasteiger partial charge is 0.267 e. The van der Waals surface area contributed by atoms with Crippen molar-refractivity contribution in [3.8, 4) is 5.82 Å². The van der Waals surface area contributed by atoms with Gasteiger partial charge in [0.25, 0.3) is 5.56 Å². The van der Waals surface area contributed by atoms with Gasteiger partial charge in [-0.15, -0.1) is 5.10 Å². The van der Waals surface area contributed by atoms with Gasteiger partial charge in [0.05, 0.1) is 19.3 Å². The molecule has 0 saturated carbocycles. The molecule has 1 aliphatic rings. The zero-order valence-electron chi connectivity index (χ0n) is 15.0. The van der Waals surface area contributed by atoms with E-state index in [1.54, 1.807) is 29.3 Å². The molecule has 4 heterocycles. The molecule has 0 bridgehead atoms. The number of rotatable bonds is 4. The number of hydrogen-bond donors (Lipinski definition) is 1. The molecule has 28 heavy (non-hydrogen) atoms. The highest BCUT2D eigenvalue weighted by Crippen LogP contribution is 2.26. The second-order valence-electron chi connectivity index (χ2n) is 6.66. The minimum absolute atomic E-state index is 0.128. The quantitative estimate of drug-likeness (QED) is 0.588. The van der Waals surface area contributed by atoms with Crippen LogP contribution in [0.3, 0.4) is 0 Å². The van der Waals surface area contributed by atoms with Crippen LogP contribution < -0.4 is 10.9 Å². The summed E-state index contributed by atoms with van der Waals surface area (Å²) >= 11 is 0. The van der Waals surface area contributed by atoms with Crippen molar-refractivity contribution in [3.63, 3.8) is 0 Å². The van der Waals surface area contributed by atoms with Crippen molar-refractivity contribution in [1.29, 1.82) is 0 Å². The summed E-state index contributed by atoms with van der Waals surface area (Å²) in [6.45, 7) is 0.869. The fourth-order valence-corrected chi connectivity index (χ4v) is 3.51. The number of aromatic nitrogens is 5. The van der Waals surface area contributed by atoms with Gasteiger partial charge in [-0.2, -0.15) is 5.10 Å². The first-order valence-electron chi connectivity index (χ1n) is 9.07. The summed E-state index contributed by atoms with van der Waals surface area (Å²) < 4.78 is 8.79. The summed E-state index contributed by atoms with van der Waals surface area (Å²) in [4.78, 5) is 17.0. The maximum Gasteiger partial charge on any atom is 0.267 e. The zero-order valence-corrected chi connectivity index (χ0v) is 15.0. The Bertz CT molecular complexity index is 1170. The average molecular weight is 374 g/mol. The summed E-state index contributed by atoms with van der Waals surface area (Å²) in [6, 6.07) is 14.6. The van der Waals surface area contributed by atoms with Crippen molar-refractivity contribution >= 4 is 16.6 Å². The van der Waals surface area contributed by atoms with Gasteiger partial charge in [0.1, 0.15) is 11.9 Å². The number of pyridine rings is 1. The van der Waals surface area contributed by atoms with Gasteiger partial charge >= 0.3 is 0 Å². The topological polar surface area (TPSA) is 86.9 Å². The summed E-state index contributed by atoms with van der Waals surface area (Å²) in [6.07, 6.45) is 5.24. The van der Waals surface area contributed by atoms with Crippen LogP contribution in [0.15, 0.2) is 71.9 Å². The van der Waals surface area contributed by atoms with Crippen LogP contribution in [0.5, 0.6) is 0 Å². The number of fused-ring (bicyclic) bond motifs is 1. The highest BCUT2D eigenvalue weighted by molar-refractivity contribution is 5.91. The molecule has 0 spiro atoms. The SMILES string of the molecule is O=c1ccc(-n2cccn2)nn1C1COCC1Nc1nccc2ccccc12. The van der Waals surface area contributed by atoms with Crippen molar-refractivity contribution in [2.24, 2.45) is 0 Å². The fourth-order valence-electron chi connectivity index (χ4n) is 3.51. The summed E-state index contributed by atoms with van der Waals surface area (Å²) in [7, 11) is 0. The van der Waals surface area contributed by atoms with Gasteiger partial charge in [0.2, 0.25) is 0 Å². The molecule has 8 heteroatoms. The number of nitrogens with zero attached hydrogens (tertiary/aromatic N) is 5. The van der Waals surface area contributed by atoms with E-state index in [2.05, 4.69) is 20.5 Å². The Morgan fingerprint density at radius 1 is 1.04 bits per heavy atom. The van der Waals surface area contributed by atoms with E-state index in [4.69, 9.17) is 4.74 Å². The predicted molar refractivity (Wildman–Crippen MR) is 105 cm³/mol. The first kappa shape index (κ1) is 16.6. The first-order valence-corrected chi connectivity index (χ1v) is 9.07. The van der Waals surface area contributed by atoms with E-state index in [-0.39, 0.29) is 17.6 Å². The lowest BCUT2D eigenvalue weighted by molar-refractivity contribution is 0.182. The van der Waals surface area contributed by atoms with Crippen LogP contribution in [-0.4, -0.2) is 43.8 Å². The Morgan fingerprint density at radius 2 is 1.96 bits per heavy atom. The van der Waals surface area contributed by atoms with E-state index in [1.165, 1.54) is 10.7 Å². The van der Waals surface area contributed by atoms with Crippen molar-refractivity contribution in [2.45, 2.75) is 12.1 Å². The lowest BCUT2D eigenvalue weighted by atomic mass is 10.1. The predicted octanol–water partition coefficient (Wildman–Crippen LogP) is 2.03. The maximum atomic E-state index is 12.5. The lowest BCUT2D eigenvalue weighted by Crippen LogP contribution is -2.37. The standard InChI is InChI=1S/C20H18N6O2/c27-19-7-6-18(25-11-3-9-22-25)24-26(19)17-13-28-12-16(17)23-20-15-5-2-1-4-14(15)8-10-21-20/h1-11,16-17H,12-13H2,(H,21,23). The molecular formula is C20H18N6O2. The van der Waals surface area contributed by atoms with Gasteiger partial charge < -0.3 is 10.1 Å². The van der Waals surface area contributed by atoms with Crippen LogP contribution in [0.4, 0.5) is 5.82 Å². The molecule has 0 amide bonds. The van der Waals surface area contributed by atoms with Crippen LogP contribution in [0.2, 0.25) is 0 Å². The number of benzene rings is 1. The number of nitrogens with one attached hydrogen (secondary N) is 1. The molecule has 1 aromatic carbocycles. The molecule has 1 aliphatic heterocycles. The third-order valence-corrected chi connectivity index (χ3v) is 4.91. The van der Waals surface area contributed by atoms with Gasteiger partial charge in [-0.25, -0.2) is 14.3 Å². The molecular weight excluding hydrogens is 356 g/mol. The molecule has 2 unspecified atom stereocenters. The van der Waals surface area contributed by atoms with Crippen LogP contribution in [0.1, 0.15) is 6.04 Å². The Kier molecular flexibility index (Phi) is 4.10. The van der Waals surface area contributed by atoms with Gasteiger partial charge in [-0.3, -0.25) is 4.79 Å². The van der Waals surface area contributed by atoms with Gasteiger partial charge in [-0.05, 0) is 23.6 Å². The summed E-state index contributed by atoms with van der Waals surface area (Å²) in [5.41, 5.74) is -0.177. The molecule has 1 N–H and O–H groups in total. The van der Waals surface area contributed by atoms with Crippen molar-refractivity contribution in [1.82, 2.24) is 24.5 Å². The summed E-state index contributed by atoms with van der Waals surface area (Å²) in [5.74, 6) is 1.36. The highest BCUT2D eigenvalue weighted by atomic mass is 16.5. The molecule has 5 rings (SSSR count). The van der Waals surface area contributed by atoms with E-state index >= 15 is 0 Å². The lowest BCUT2D eigenvalue weighted by Gasteiger charge is -2.21. The Balaban J connectivity index is 1.49. The Labute approximate surface area is 160 Å². The Hall–Kier alpha value is -3.52. The third kappa shape index (κ3) is 2.93. The fraction of sp³-hybridized carbons (Fsp3) is 0.200. The molecule has 0 aliphatic carbocycles. The molecule has 140 valence electrons. The highest BCUT2D eigenvalue weighted by Gasteiger charge is 2.32. The third-order valence-electron chi connectivity index (χ3n) is 4.91. The van der Waals surface area contributed by atoms with Crippen molar-refractivity contribution in [3.05, 3.63) is 77.5 Å².